The summed E-state index contributed by atoms with van der Waals surface area (Å²) in [5.41, 5.74) is 3.51. The standard InChI is InChI=1S/C23H21NO3/c1-16-11-13-19(14-12-16)22(25)24-21-10-6-9-20(15-21)23(26)27-17(2)18-7-4-3-5-8-18/h3-15,17H,1-2H3,(H,24,25). The molecule has 1 amide bonds. The van der Waals surface area contributed by atoms with Crippen LogP contribution < -0.4 is 5.32 Å². The van der Waals surface area contributed by atoms with Gasteiger partial charge in [-0.05, 0) is 49.7 Å². The van der Waals surface area contributed by atoms with E-state index in [1.54, 1.807) is 36.4 Å². The van der Waals surface area contributed by atoms with Gasteiger partial charge in [-0.1, -0.05) is 54.1 Å². The second kappa shape index (κ2) is 8.32. The highest BCUT2D eigenvalue weighted by Gasteiger charge is 2.14. The highest BCUT2D eigenvalue weighted by molar-refractivity contribution is 6.04. The molecular weight excluding hydrogens is 338 g/mol. The average molecular weight is 359 g/mol. The molecule has 0 aliphatic carbocycles. The van der Waals surface area contributed by atoms with Crippen LogP contribution in [0.25, 0.3) is 0 Å². The quantitative estimate of drug-likeness (QED) is 0.640. The smallest absolute Gasteiger partial charge is 0.338 e. The van der Waals surface area contributed by atoms with Crippen LogP contribution in [0.15, 0.2) is 78.9 Å². The number of anilines is 1. The lowest BCUT2D eigenvalue weighted by molar-refractivity contribution is 0.0338. The summed E-state index contributed by atoms with van der Waals surface area (Å²) in [5, 5.41) is 2.81. The Morgan fingerprint density at radius 1 is 0.852 bits per heavy atom. The van der Waals surface area contributed by atoms with Gasteiger partial charge in [0.2, 0.25) is 0 Å². The second-order valence-corrected chi connectivity index (χ2v) is 6.36. The number of amides is 1. The molecule has 0 saturated carbocycles. The fraction of sp³-hybridized carbons (Fsp3) is 0.130. The van der Waals surface area contributed by atoms with Gasteiger partial charge in [0.25, 0.3) is 5.91 Å². The largest absolute Gasteiger partial charge is 0.454 e. The Hall–Kier alpha value is -3.40. The fourth-order valence-electron chi connectivity index (χ4n) is 2.65. The second-order valence-electron chi connectivity index (χ2n) is 6.36. The molecule has 4 nitrogen and oxygen atoms in total. The summed E-state index contributed by atoms with van der Waals surface area (Å²) in [5.74, 6) is -0.657. The number of benzene rings is 3. The van der Waals surface area contributed by atoms with Crippen molar-refractivity contribution < 1.29 is 14.3 Å². The third-order valence-corrected chi connectivity index (χ3v) is 4.22. The van der Waals surface area contributed by atoms with Crippen LogP contribution in [0.5, 0.6) is 0 Å². The topological polar surface area (TPSA) is 55.4 Å². The van der Waals surface area contributed by atoms with Crippen LogP contribution in [0.3, 0.4) is 0 Å². The molecule has 0 radical (unpaired) electrons. The normalized spacial score (nSPS) is 11.5. The van der Waals surface area contributed by atoms with E-state index in [9.17, 15) is 9.59 Å². The summed E-state index contributed by atoms with van der Waals surface area (Å²) >= 11 is 0. The minimum atomic E-state index is -0.433. The van der Waals surface area contributed by atoms with Crippen molar-refractivity contribution in [3.63, 3.8) is 0 Å². The lowest BCUT2D eigenvalue weighted by atomic mass is 10.1. The molecule has 0 fully saturated rings. The zero-order chi connectivity index (χ0) is 19.2. The number of hydrogen-bond acceptors (Lipinski definition) is 3. The van der Waals surface area contributed by atoms with E-state index in [4.69, 9.17) is 4.74 Å². The Kier molecular flexibility index (Phi) is 5.67. The summed E-state index contributed by atoms with van der Waals surface area (Å²) in [6, 6.07) is 23.6. The fourth-order valence-corrected chi connectivity index (χ4v) is 2.65. The van der Waals surface area contributed by atoms with Crippen molar-refractivity contribution in [3.05, 3.63) is 101 Å². The van der Waals surface area contributed by atoms with E-state index >= 15 is 0 Å². The summed E-state index contributed by atoms with van der Waals surface area (Å²) in [7, 11) is 0. The first-order valence-electron chi connectivity index (χ1n) is 8.77. The molecule has 1 N–H and O–H groups in total. The Balaban J connectivity index is 1.68. The van der Waals surface area contributed by atoms with E-state index in [-0.39, 0.29) is 12.0 Å². The van der Waals surface area contributed by atoms with Crippen LogP contribution in [-0.4, -0.2) is 11.9 Å². The van der Waals surface area contributed by atoms with Gasteiger partial charge in [-0.3, -0.25) is 4.79 Å². The minimum absolute atomic E-state index is 0.224. The van der Waals surface area contributed by atoms with Gasteiger partial charge in [-0.15, -0.1) is 0 Å². The van der Waals surface area contributed by atoms with E-state index in [2.05, 4.69) is 5.32 Å². The first-order chi connectivity index (χ1) is 13.0. The maximum atomic E-state index is 12.4. The minimum Gasteiger partial charge on any atom is -0.454 e. The Morgan fingerprint density at radius 3 is 2.26 bits per heavy atom. The van der Waals surface area contributed by atoms with E-state index in [0.717, 1.165) is 11.1 Å². The van der Waals surface area contributed by atoms with Crippen molar-refractivity contribution in [1.82, 2.24) is 0 Å². The number of esters is 1. The molecule has 0 bridgehead atoms. The van der Waals surface area contributed by atoms with E-state index in [1.165, 1.54) is 0 Å². The molecule has 4 heteroatoms. The van der Waals surface area contributed by atoms with Gasteiger partial charge >= 0.3 is 5.97 Å². The third kappa shape index (κ3) is 4.82. The summed E-state index contributed by atoms with van der Waals surface area (Å²) in [6.07, 6.45) is -0.357. The molecule has 3 aromatic carbocycles. The molecule has 0 aliphatic heterocycles. The molecule has 0 aliphatic rings. The molecule has 0 heterocycles. The highest BCUT2D eigenvalue weighted by Crippen LogP contribution is 2.20. The molecule has 3 rings (SSSR count). The Labute approximate surface area is 158 Å². The van der Waals surface area contributed by atoms with E-state index in [0.29, 0.717) is 16.8 Å². The number of rotatable bonds is 5. The van der Waals surface area contributed by atoms with Gasteiger partial charge in [-0.25, -0.2) is 4.79 Å². The molecule has 27 heavy (non-hydrogen) atoms. The number of carbonyl (C=O) groups excluding carboxylic acids is 2. The lowest BCUT2D eigenvalue weighted by Gasteiger charge is -2.14. The first kappa shape index (κ1) is 18.4. The van der Waals surface area contributed by atoms with Crippen molar-refractivity contribution in [2.24, 2.45) is 0 Å². The van der Waals surface area contributed by atoms with Gasteiger partial charge < -0.3 is 10.1 Å². The van der Waals surface area contributed by atoms with E-state index in [1.807, 2.05) is 56.3 Å². The Bertz CT molecular complexity index is 933. The van der Waals surface area contributed by atoms with Gasteiger partial charge in [0.15, 0.2) is 0 Å². The van der Waals surface area contributed by atoms with Crippen LogP contribution in [0.4, 0.5) is 5.69 Å². The molecule has 0 saturated heterocycles. The SMILES string of the molecule is Cc1ccc(C(=O)Nc2cccc(C(=O)OC(C)c3ccccc3)c2)cc1. The van der Waals surface area contributed by atoms with Crippen molar-refractivity contribution in [3.8, 4) is 0 Å². The summed E-state index contributed by atoms with van der Waals surface area (Å²) < 4.78 is 5.53. The molecule has 1 unspecified atom stereocenters. The predicted octanol–water partition coefficient (Wildman–Crippen LogP) is 5.17. The molecular formula is C23H21NO3. The average Bonchev–Trinajstić information content (AvgIpc) is 2.69. The van der Waals surface area contributed by atoms with Gasteiger partial charge in [0.05, 0.1) is 5.56 Å². The Morgan fingerprint density at radius 2 is 1.56 bits per heavy atom. The van der Waals surface area contributed by atoms with E-state index < -0.39 is 5.97 Å². The van der Waals surface area contributed by atoms with Crippen molar-refractivity contribution in [1.29, 1.82) is 0 Å². The molecule has 0 aromatic heterocycles. The van der Waals surface area contributed by atoms with Crippen molar-refractivity contribution >= 4 is 17.6 Å². The van der Waals surface area contributed by atoms with Gasteiger partial charge in [-0.2, -0.15) is 0 Å². The number of carbonyl (C=O) groups is 2. The predicted molar refractivity (Wildman–Crippen MR) is 106 cm³/mol. The number of nitrogens with one attached hydrogen (secondary N) is 1. The first-order valence-corrected chi connectivity index (χ1v) is 8.77. The third-order valence-electron chi connectivity index (χ3n) is 4.22. The zero-order valence-electron chi connectivity index (χ0n) is 15.3. The maximum Gasteiger partial charge on any atom is 0.338 e. The lowest BCUT2D eigenvalue weighted by Crippen LogP contribution is -2.13. The molecule has 136 valence electrons. The van der Waals surface area contributed by atoms with Crippen molar-refractivity contribution in [2.45, 2.75) is 20.0 Å². The van der Waals surface area contributed by atoms with Gasteiger partial charge in [0.1, 0.15) is 6.10 Å². The van der Waals surface area contributed by atoms with Crippen LogP contribution in [-0.2, 0) is 4.74 Å². The number of hydrogen-bond donors (Lipinski definition) is 1. The van der Waals surface area contributed by atoms with Crippen LogP contribution in [0, 0.1) is 6.92 Å². The van der Waals surface area contributed by atoms with Crippen LogP contribution in [0.1, 0.15) is 44.9 Å². The zero-order valence-corrected chi connectivity index (χ0v) is 15.3. The van der Waals surface area contributed by atoms with Crippen molar-refractivity contribution in [2.75, 3.05) is 5.32 Å². The molecule has 1 atom stereocenters. The summed E-state index contributed by atoms with van der Waals surface area (Å²) in [6.45, 7) is 3.80. The van der Waals surface area contributed by atoms with Crippen LogP contribution >= 0.6 is 0 Å². The number of ether oxygens (including phenoxy) is 1. The highest BCUT2D eigenvalue weighted by atomic mass is 16.5. The van der Waals surface area contributed by atoms with Gasteiger partial charge in [0, 0.05) is 11.3 Å². The maximum absolute atomic E-state index is 12.4. The monoisotopic (exact) mass is 359 g/mol. The molecule has 0 spiro atoms. The molecule has 3 aromatic rings. The van der Waals surface area contributed by atoms with Crippen LogP contribution in [0.2, 0.25) is 0 Å². The summed E-state index contributed by atoms with van der Waals surface area (Å²) in [4.78, 5) is 24.8. The number of aryl methyl sites for hydroxylation is 1.